The zero-order chi connectivity index (χ0) is 13.2. The van der Waals surface area contributed by atoms with E-state index in [1.807, 2.05) is 6.20 Å². The molecule has 0 atom stereocenters. The molecule has 1 aliphatic rings. The van der Waals surface area contributed by atoms with E-state index in [0.717, 1.165) is 37.4 Å². The van der Waals surface area contributed by atoms with Crippen LogP contribution < -0.4 is 0 Å². The number of esters is 1. The maximum absolute atomic E-state index is 11.4. The molecule has 2 aromatic rings. The summed E-state index contributed by atoms with van der Waals surface area (Å²) in [6.07, 6.45) is 3.85. The summed E-state index contributed by atoms with van der Waals surface area (Å²) < 4.78 is 11.6. The lowest BCUT2D eigenvalue weighted by molar-refractivity contribution is 0.0592. The molecule has 0 unspecified atom stereocenters. The van der Waals surface area contributed by atoms with Gasteiger partial charge in [0.15, 0.2) is 11.3 Å². The Hall–Kier alpha value is -1.95. The second-order valence-electron chi connectivity index (χ2n) is 4.57. The first-order chi connectivity index (χ1) is 9.28. The third-order valence-electron chi connectivity index (χ3n) is 3.37. The van der Waals surface area contributed by atoms with Gasteiger partial charge in [-0.1, -0.05) is 0 Å². The summed E-state index contributed by atoms with van der Waals surface area (Å²) in [7, 11) is 1.34. The van der Waals surface area contributed by atoms with E-state index in [0.29, 0.717) is 5.92 Å². The van der Waals surface area contributed by atoms with Gasteiger partial charge in [-0.2, -0.15) is 5.10 Å². The quantitative estimate of drug-likeness (QED) is 0.765. The number of methoxy groups -OCH3 is 1. The van der Waals surface area contributed by atoms with Crippen LogP contribution in [0.1, 0.15) is 34.9 Å². The Morgan fingerprint density at radius 2 is 2.21 bits per heavy atom. The number of ether oxygens (including phenoxy) is 2. The van der Waals surface area contributed by atoms with Gasteiger partial charge in [0.1, 0.15) is 0 Å². The van der Waals surface area contributed by atoms with Gasteiger partial charge in [0.25, 0.3) is 0 Å². The lowest BCUT2D eigenvalue weighted by Crippen LogP contribution is -2.14. The van der Waals surface area contributed by atoms with Gasteiger partial charge in [0, 0.05) is 19.1 Å². The number of hydrogen-bond acceptors (Lipinski definition) is 5. The Balaban J connectivity index is 1.93. The molecular weight excluding hydrogens is 246 g/mol. The maximum atomic E-state index is 11.4. The van der Waals surface area contributed by atoms with Crippen LogP contribution in [0.5, 0.6) is 0 Å². The van der Waals surface area contributed by atoms with Crippen LogP contribution in [0.25, 0.3) is 5.65 Å². The number of aromatic nitrogens is 3. The van der Waals surface area contributed by atoms with Crippen LogP contribution in [0.3, 0.4) is 0 Å². The van der Waals surface area contributed by atoms with E-state index >= 15 is 0 Å². The molecular formula is C13H15N3O3. The second-order valence-corrected chi connectivity index (χ2v) is 4.57. The molecule has 0 N–H and O–H groups in total. The van der Waals surface area contributed by atoms with E-state index in [-0.39, 0.29) is 5.69 Å². The molecule has 0 spiro atoms. The van der Waals surface area contributed by atoms with Crippen LogP contribution in [-0.4, -0.2) is 40.9 Å². The monoisotopic (exact) mass is 261 g/mol. The van der Waals surface area contributed by atoms with Gasteiger partial charge in [-0.15, -0.1) is 0 Å². The first-order valence-corrected chi connectivity index (χ1v) is 6.30. The number of imidazole rings is 1. The highest BCUT2D eigenvalue weighted by Gasteiger charge is 2.19. The van der Waals surface area contributed by atoms with Crippen LogP contribution in [0.4, 0.5) is 0 Å². The van der Waals surface area contributed by atoms with Crippen LogP contribution in [-0.2, 0) is 9.47 Å². The Bertz CT molecular complexity index is 602. The van der Waals surface area contributed by atoms with E-state index in [4.69, 9.17) is 4.74 Å². The van der Waals surface area contributed by atoms with E-state index < -0.39 is 5.97 Å². The van der Waals surface area contributed by atoms with Crippen molar-refractivity contribution < 1.29 is 14.3 Å². The van der Waals surface area contributed by atoms with Crippen molar-refractivity contribution in [1.82, 2.24) is 14.6 Å². The van der Waals surface area contributed by atoms with Gasteiger partial charge >= 0.3 is 5.97 Å². The number of hydrogen-bond donors (Lipinski definition) is 0. The highest BCUT2D eigenvalue weighted by atomic mass is 16.5. The van der Waals surface area contributed by atoms with Gasteiger partial charge in [0.2, 0.25) is 0 Å². The SMILES string of the molecule is COC(=O)c1ccc2nc(C3CCOCC3)cn2n1. The molecule has 0 bridgehead atoms. The van der Waals surface area contributed by atoms with Gasteiger partial charge in [-0.05, 0) is 25.0 Å². The minimum atomic E-state index is -0.441. The van der Waals surface area contributed by atoms with Crippen molar-refractivity contribution in [3.8, 4) is 0 Å². The van der Waals surface area contributed by atoms with Crippen LogP contribution in [0, 0.1) is 0 Å². The lowest BCUT2D eigenvalue weighted by Gasteiger charge is -2.19. The zero-order valence-corrected chi connectivity index (χ0v) is 10.7. The fraction of sp³-hybridized carbons (Fsp3) is 0.462. The molecule has 0 aliphatic carbocycles. The van der Waals surface area contributed by atoms with Gasteiger partial charge < -0.3 is 9.47 Å². The summed E-state index contributed by atoms with van der Waals surface area (Å²) >= 11 is 0. The average molecular weight is 261 g/mol. The highest BCUT2D eigenvalue weighted by molar-refractivity contribution is 5.87. The van der Waals surface area contributed by atoms with Crippen molar-refractivity contribution in [3.63, 3.8) is 0 Å². The largest absolute Gasteiger partial charge is 0.464 e. The van der Waals surface area contributed by atoms with Crippen molar-refractivity contribution in [3.05, 3.63) is 29.7 Å². The zero-order valence-electron chi connectivity index (χ0n) is 10.7. The molecule has 19 heavy (non-hydrogen) atoms. The molecule has 0 aromatic carbocycles. The highest BCUT2D eigenvalue weighted by Crippen LogP contribution is 2.26. The average Bonchev–Trinajstić information content (AvgIpc) is 2.90. The molecule has 1 aliphatic heterocycles. The molecule has 6 nitrogen and oxygen atoms in total. The summed E-state index contributed by atoms with van der Waals surface area (Å²) in [5.41, 5.74) is 2.04. The van der Waals surface area contributed by atoms with Crippen LogP contribution in [0.2, 0.25) is 0 Å². The standard InChI is InChI=1S/C13H15N3O3/c1-18-13(17)10-2-3-12-14-11(8-16(12)15-10)9-4-6-19-7-5-9/h2-3,8-9H,4-7H2,1H3. The molecule has 0 radical (unpaired) electrons. The maximum Gasteiger partial charge on any atom is 0.358 e. The van der Waals surface area contributed by atoms with Crippen molar-refractivity contribution in [2.75, 3.05) is 20.3 Å². The molecule has 0 saturated carbocycles. The molecule has 100 valence electrons. The fourth-order valence-electron chi connectivity index (χ4n) is 2.30. The normalized spacial score (nSPS) is 16.7. The molecule has 6 heteroatoms. The van der Waals surface area contributed by atoms with Gasteiger partial charge in [0.05, 0.1) is 19.0 Å². The third-order valence-corrected chi connectivity index (χ3v) is 3.37. The Morgan fingerprint density at radius 3 is 2.95 bits per heavy atom. The van der Waals surface area contributed by atoms with E-state index in [1.54, 1.807) is 16.6 Å². The number of rotatable bonds is 2. The third kappa shape index (κ3) is 2.31. The molecule has 1 saturated heterocycles. The number of nitrogens with zero attached hydrogens (tertiary/aromatic N) is 3. The lowest BCUT2D eigenvalue weighted by atomic mass is 9.97. The minimum absolute atomic E-state index is 0.283. The number of carbonyl (C=O) groups is 1. The molecule has 0 amide bonds. The summed E-state index contributed by atoms with van der Waals surface area (Å²) in [6, 6.07) is 3.41. The summed E-state index contributed by atoms with van der Waals surface area (Å²) in [5, 5.41) is 4.21. The summed E-state index contributed by atoms with van der Waals surface area (Å²) in [5.74, 6) is -0.0276. The van der Waals surface area contributed by atoms with Crippen LogP contribution >= 0.6 is 0 Å². The second kappa shape index (κ2) is 4.97. The topological polar surface area (TPSA) is 65.7 Å². The van der Waals surface area contributed by atoms with Crippen molar-refractivity contribution in [1.29, 1.82) is 0 Å². The smallest absolute Gasteiger partial charge is 0.358 e. The predicted octanol–water partition coefficient (Wildman–Crippen LogP) is 1.41. The van der Waals surface area contributed by atoms with Gasteiger partial charge in [-0.25, -0.2) is 14.3 Å². The van der Waals surface area contributed by atoms with Crippen LogP contribution in [0.15, 0.2) is 18.3 Å². The first kappa shape index (κ1) is 12.1. The number of carbonyl (C=O) groups excluding carboxylic acids is 1. The number of fused-ring (bicyclic) bond motifs is 1. The summed E-state index contributed by atoms with van der Waals surface area (Å²) in [4.78, 5) is 16.0. The molecule has 3 rings (SSSR count). The molecule has 1 fully saturated rings. The van der Waals surface area contributed by atoms with E-state index in [2.05, 4.69) is 14.8 Å². The molecule has 2 aromatic heterocycles. The fourth-order valence-corrected chi connectivity index (χ4v) is 2.30. The molecule has 3 heterocycles. The van der Waals surface area contributed by atoms with Gasteiger partial charge in [-0.3, -0.25) is 0 Å². The Kier molecular flexibility index (Phi) is 3.16. The van der Waals surface area contributed by atoms with E-state index in [1.165, 1.54) is 7.11 Å². The van der Waals surface area contributed by atoms with Crippen molar-refractivity contribution in [2.24, 2.45) is 0 Å². The minimum Gasteiger partial charge on any atom is -0.464 e. The van der Waals surface area contributed by atoms with Crippen molar-refractivity contribution >= 4 is 11.6 Å². The Labute approximate surface area is 110 Å². The van der Waals surface area contributed by atoms with Crippen molar-refractivity contribution in [2.45, 2.75) is 18.8 Å². The predicted molar refractivity (Wildman–Crippen MR) is 67.1 cm³/mol. The Morgan fingerprint density at radius 1 is 1.42 bits per heavy atom. The summed E-state index contributed by atoms with van der Waals surface area (Å²) in [6.45, 7) is 1.55. The van der Waals surface area contributed by atoms with E-state index in [9.17, 15) is 4.79 Å². The first-order valence-electron chi connectivity index (χ1n) is 6.30.